The number of methoxy groups -OCH3 is 1. The van der Waals surface area contributed by atoms with Crippen molar-refractivity contribution in [1.29, 1.82) is 0 Å². The second-order valence-corrected chi connectivity index (χ2v) is 6.21. The van der Waals surface area contributed by atoms with E-state index in [-0.39, 0.29) is 42.5 Å². The minimum atomic E-state index is -0.588. The Bertz CT molecular complexity index is 663. The summed E-state index contributed by atoms with van der Waals surface area (Å²) < 4.78 is 31.9. The lowest BCUT2D eigenvalue weighted by molar-refractivity contribution is -0.119. The first-order chi connectivity index (χ1) is 13.0. The molecule has 1 amide bonds. The molecule has 10 heteroatoms. The number of guanidine groups is 1. The zero-order chi connectivity index (χ0) is 19.6. The number of nitrogens with one attached hydrogen (secondary N) is 3. The number of aliphatic imine (C=N–C) groups is 1. The number of benzene rings is 1. The molecule has 0 aliphatic carbocycles. The summed E-state index contributed by atoms with van der Waals surface area (Å²) in [6.45, 7) is 4.69. The summed E-state index contributed by atoms with van der Waals surface area (Å²) in [5, 5.41) is 9.07. The Hall–Kier alpha value is -1.69. The SMILES string of the molecule is CCNC(=NCC(=O)NCCOC)NC1CCN(c2ccc(F)cc2F)C1.I. The van der Waals surface area contributed by atoms with Gasteiger partial charge in [-0.3, -0.25) is 4.79 Å². The van der Waals surface area contributed by atoms with Crippen LogP contribution in [0.3, 0.4) is 0 Å². The molecule has 1 heterocycles. The molecule has 1 aromatic rings. The molecule has 28 heavy (non-hydrogen) atoms. The number of carbonyl (C=O) groups excluding carboxylic acids is 1. The molecular formula is C18H28F2IN5O2. The molecule has 1 aromatic carbocycles. The van der Waals surface area contributed by atoms with Crippen molar-refractivity contribution < 1.29 is 18.3 Å². The van der Waals surface area contributed by atoms with Crippen LogP contribution in [0.4, 0.5) is 14.5 Å². The number of hydrogen-bond donors (Lipinski definition) is 3. The predicted molar refractivity (Wildman–Crippen MR) is 116 cm³/mol. The van der Waals surface area contributed by atoms with Crippen molar-refractivity contribution in [3.63, 3.8) is 0 Å². The van der Waals surface area contributed by atoms with E-state index < -0.39 is 11.6 Å². The first-order valence-corrected chi connectivity index (χ1v) is 9.04. The minimum absolute atomic E-state index is 0. The topological polar surface area (TPSA) is 78.0 Å². The summed E-state index contributed by atoms with van der Waals surface area (Å²) in [5.74, 6) is -0.809. The molecular weight excluding hydrogens is 483 g/mol. The summed E-state index contributed by atoms with van der Waals surface area (Å²) in [5.41, 5.74) is 0.389. The molecule has 0 aromatic heterocycles. The molecule has 0 radical (unpaired) electrons. The molecule has 0 spiro atoms. The number of rotatable bonds is 8. The van der Waals surface area contributed by atoms with Crippen molar-refractivity contribution in [3.8, 4) is 0 Å². The van der Waals surface area contributed by atoms with E-state index in [0.29, 0.717) is 44.4 Å². The fraction of sp³-hybridized carbons (Fsp3) is 0.556. The fourth-order valence-corrected chi connectivity index (χ4v) is 2.85. The van der Waals surface area contributed by atoms with Crippen LogP contribution in [-0.2, 0) is 9.53 Å². The van der Waals surface area contributed by atoms with E-state index in [1.165, 1.54) is 12.1 Å². The number of amides is 1. The van der Waals surface area contributed by atoms with Crippen LogP contribution >= 0.6 is 24.0 Å². The van der Waals surface area contributed by atoms with Gasteiger partial charge in [0.2, 0.25) is 5.91 Å². The molecule has 1 unspecified atom stereocenters. The van der Waals surface area contributed by atoms with E-state index in [0.717, 1.165) is 12.5 Å². The van der Waals surface area contributed by atoms with Gasteiger partial charge in [0.25, 0.3) is 0 Å². The molecule has 7 nitrogen and oxygen atoms in total. The van der Waals surface area contributed by atoms with Gasteiger partial charge in [0.1, 0.15) is 18.2 Å². The highest BCUT2D eigenvalue weighted by Gasteiger charge is 2.25. The molecule has 1 atom stereocenters. The van der Waals surface area contributed by atoms with Crippen LogP contribution in [0.15, 0.2) is 23.2 Å². The van der Waals surface area contributed by atoms with Crippen LogP contribution in [-0.4, -0.2) is 64.3 Å². The molecule has 158 valence electrons. The molecule has 1 aliphatic rings. The van der Waals surface area contributed by atoms with Crippen molar-refractivity contribution in [2.75, 3.05) is 51.3 Å². The summed E-state index contributed by atoms with van der Waals surface area (Å²) in [6.07, 6.45) is 0.779. The maximum Gasteiger partial charge on any atom is 0.241 e. The maximum atomic E-state index is 14.0. The Morgan fingerprint density at radius 2 is 2.14 bits per heavy atom. The van der Waals surface area contributed by atoms with Gasteiger partial charge in [0.05, 0.1) is 12.3 Å². The van der Waals surface area contributed by atoms with Gasteiger partial charge in [0, 0.05) is 45.4 Å². The first-order valence-electron chi connectivity index (χ1n) is 9.04. The molecule has 0 saturated carbocycles. The summed E-state index contributed by atoms with van der Waals surface area (Å²) in [4.78, 5) is 17.9. The van der Waals surface area contributed by atoms with E-state index in [1.807, 2.05) is 11.8 Å². The fourth-order valence-electron chi connectivity index (χ4n) is 2.85. The number of anilines is 1. The van der Waals surface area contributed by atoms with Crippen LogP contribution < -0.4 is 20.9 Å². The first kappa shape index (κ1) is 24.3. The van der Waals surface area contributed by atoms with E-state index in [1.54, 1.807) is 7.11 Å². The van der Waals surface area contributed by atoms with Crippen molar-refractivity contribution >= 4 is 41.5 Å². The Morgan fingerprint density at radius 3 is 2.82 bits per heavy atom. The molecule has 0 bridgehead atoms. The van der Waals surface area contributed by atoms with Gasteiger partial charge in [-0.15, -0.1) is 24.0 Å². The van der Waals surface area contributed by atoms with Crippen molar-refractivity contribution in [2.24, 2.45) is 4.99 Å². The number of ether oxygens (including phenoxy) is 1. The lowest BCUT2D eigenvalue weighted by Gasteiger charge is -2.21. The Labute approximate surface area is 181 Å². The molecule has 3 N–H and O–H groups in total. The lowest BCUT2D eigenvalue weighted by atomic mass is 10.2. The van der Waals surface area contributed by atoms with Gasteiger partial charge in [-0.05, 0) is 25.5 Å². The second-order valence-electron chi connectivity index (χ2n) is 6.21. The van der Waals surface area contributed by atoms with Gasteiger partial charge >= 0.3 is 0 Å². The zero-order valence-corrected chi connectivity index (χ0v) is 18.5. The van der Waals surface area contributed by atoms with Crippen LogP contribution in [0.5, 0.6) is 0 Å². The number of halogens is 3. The standard InChI is InChI=1S/C18H27F2N5O2.HI/c1-3-21-18(23-11-17(26)22-7-9-27-2)24-14-6-8-25(12-14)16-5-4-13(19)10-15(16)20;/h4-5,10,14H,3,6-9,11-12H2,1-2H3,(H,22,26)(H2,21,23,24);1H. The third-order valence-corrected chi connectivity index (χ3v) is 4.13. The molecule has 2 rings (SSSR count). The van der Waals surface area contributed by atoms with Gasteiger partial charge in [-0.25, -0.2) is 13.8 Å². The zero-order valence-electron chi connectivity index (χ0n) is 16.1. The van der Waals surface area contributed by atoms with E-state index >= 15 is 0 Å². The average molecular weight is 511 g/mol. The van der Waals surface area contributed by atoms with Crippen molar-refractivity contribution in [3.05, 3.63) is 29.8 Å². The van der Waals surface area contributed by atoms with Gasteiger partial charge in [-0.2, -0.15) is 0 Å². The van der Waals surface area contributed by atoms with Crippen molar-refractivity contribution in [1.82, 2.24) is 16.0 Å². The maximum absolute atomic E-state index is 14.0. The van der Waals surface area contributed by atoms with E-state index in [4.69, 9.17) is 4.74 Å². The highest BCUT2D eigenvalue weighted by Crippen LogP contribution is 2.24. The van der Waals surface area contributed by atoms with Crippen LogP contribution in [0, 0.1) is 11.6 Å². The Kier molecular flexibility index (Phi) is 11.0. The number of nitrogens with zero attached hydrogens (tertiary/aromatic N) is 2. The highest BCUT2D eigenvalue weighted by molar-refractivity contribution is 14.0. The average Bonchev–Trinajstić information content (AvgIpc) is 3.08. The molecule has 1 fully saturated rings. The van der Waals surface area contributed by atoms with Crippen LogP contribution in [0.2, 0.25) is 0 Å². The van der Waals surface area contributed by atoms with E-state index in [2.05, 4.69) is 20.9 Å². The third-order valence-electron chi connectivity index (χ3n) is 4.13. The van der Waals surface area contributed by atoms with Gasteiger partial charge < -0.3 is 25.6 Å². The monoisotopic (exact) mass is 511 g/mol. The second kappa shape index (κ2) is 12.7. The largest absolute Gasteiger partial charge is 0.383 e. The normalized spacial score (nSPS) is 16.5. The Balaban J connectivity index is 0.00000392. The quantitative estimate of drug-likeness (QED) is 0.214. The van der Waals surface area contributed by atoms with Crippen molar-refractivity contribution in [2.45, 2.75) is 19.4 Å². The predicted octanol–water partition coefficient (Wildman–Crippen LogP) is 1.48. The van der Waals surface area contributed by atoms with Gasteiger partial charge in [-0.1, -0.05) is 0 Å². The Morgan fingerprint density at radius 1 is 1.36 bits per heavy atom. The third kappa shape index (κ3) is 7.74. The molecule has 1 aliphatic heterocycles. The van der Waals surface area contributed by atoms with Gasteiger partial charge in [0.15, 0.2) is 5.96 Å². The number of hydrogen-bond acceptors (Lipinski definition) is 4. The van der Waals surface area contributed by atoms with E-state index in [9.17, 15) is 13.6 Å². The van der Waals surface area contributed by atoms with Crippen LogP contribution in [0.1, 0.15) is 13.3 Å². The summed E-state index contributed by atoms with van der Waals surface area (Å²) in [7, 11) is 1.57. The smallest absolute Gasteiger partial charge is 0.241 e. The summed E-state index contributed by atoms with van der Waals surface area (Å²) in [6, 6.07) is 3.65. The minimum Gasteiger partial charge on any atom is -0.383 e. The number of carbonyl (C=O) groups is 1. The van der Waals surface area contributed by atoms with Crippen LogP contribution in [0.25, 0.3) is 0 Å². The lowest BCUT2D eigenvalue weighted by Crippen LogP contribution is -2.45. The molecule has 1 saturated heterocycles. The summed E-state index contributed by atoms with van der Waals surface area (Å²) >= 11 is 0. The highest BCUT2D eigenvalue weighted by atomic mass is 127.